The maximum Gasteiger partial charge on any atom is 0.283 e. The lowest BCUT2D eigenvalue weighted by Crippen LogP contribution is -2.25. The van der Waals surface area contributed by atoms with Crippen molar-refractivity contribution in [2.24, 2.45) is 0 Å². The fourth-order valence-electron chi connectivity index (χ4n) is 1.21. The molecule has 0 aromatic carbocycles. The Balaban J connectivity index is 2.85. The minimum Gasteiger partial charge on any atom is -0.391 e. The van der Waals surface area contributed by atoms with Crippen molar-refractivity contribution in [3.8, 4) is 0 Å². The molecule has 0 saturated heterocycles. The molecule has 1 rings (SSSR count). The summed E-state index contributed by atoms with van der Waals surface area (Å²) in [5.74, 6) is 0. The van der Waals surface area contributed by atoms with Crippen LogP contribution in [-0.4, -0.2) is 27.5 Å². The number of rotatable bonds is 6. The van der Waals surface area contributed by atoms with Crippen molar-refractivity contribution in [1.29, 1.82) is 0 Å². The second-order valence-corrected chi connectivity index (χ2v) is 4.38. The van der Waals surface area contributed by atoms with Crippen molar-refractivity contribution in [3.63, 3.8) is 0 Å². The molecular formula is C11H16BrN3O2. The monoisotopic (exact) mass is 301 g/mol. The van der Waals surface area contributed by atoms with Gasteiger partial charge < -0.3 is 10.4 Å². The molecular weight excluding hydrogens is 286 g/mol. The maximum absolute atomic E-state index is 11.8. The third-order valence-electron chi connectivity index (χ3n) is 2.29. The van der Waals surface area contributed by atoms with Crippen LogP contribution in [0.3, 0.4) is 0 Å². The fourth-order valence-corrected chi connectivity index (χ4v) is 1.66. The Hall–Kier alpha value is -1.14. The predicted octanol–water partition coefficient (Wildman–Crippen LogP) is 1.37. The number of hydrogen-bond donors (Lipinski definition) is 2. The molecule has 17 heavy (non-hydrogen) atoms. The van der Waals surface area contributed by atoms with Crippen LogP contribution in [-0.2, 0) is 6.54 Å². The number of nitrogens with one attached hydrogen (secondary N) is 1. The Bertz CT molecular complexity index is 445. The van der Waals surface area contributed by atoms with E-state index in [-0.39, 0.29) is 5.56 Å². The van der Waals surface area contributed by atoms with E-state index < -0.39 is 6.10 Å². The van der Waals surface area contributed by atoms with Crippen LogP contribution in [0, 0.1) is 0 Å². The molecule has 0 spiro atoms. The number of hydrogen-bond acceptors (Lipinski definition) is 4. The Morgan fingerprint density at radius 2 is 2.47 bits per heavy atom. The summed E-state index contributed by atoms with van der Waals surface area (Å²) in [6.07, 6.45) is 3.38. The topological polar surface area (TPSA) is 67.2 Å². The highest BCUT2D eigenvalue weighted by molar-refractivity contribution is 9.10. The van der Waals surface area contributed by atoms with Crippen molar-refractivity contribution in [2.75, 3.05) is 11.9 Å². The van der Waals surface area contributed by atoms with Crippen LogP contribution in [0.2, 0.25) is 0 Å². The average molecular weight is 302 g/mol. The SMILES string of the molecule is C=CCn1ncc(NCC(O)CC)c(Br)c1=O. The van der Waals surface area contributed by atoms with Gasteiger partial charge in [0.05, 0.1) is 24.5 Å². The summed E-state index contributed by atoms with van der Waals surface area (Å²) in [7, 11) is 0. The van der Waals surface area contributed by atoms with E-state index in [1.165, 1.54) is 4.68 Å². The summed E-state index contributed by atoms with van der Waals surface area (Å²) in [5, 5.41) is 16.4. The van der Waals surface area contributed by atoms with Gasteiger partial charge in [0.25, 0.3) is 5.56 Å². The molecule has 1 aromatic rings. The zero-order valence-electron chi connectivity index (χ0n) is 9.69. The number of halogens is 1. The van der Waals surface area contributed by atoms with Gasteiger partial charge in [-0.15, -0.1) is 6.58 Å². The molecule has 0 fully saturated rings. The van der Waals surface area contributed by atoms with Crippen LogP contribution in [0.15, 0.2) is 28.1 Å². The van der Waals surface area contributed by atoms with Crippen LogP contribution in [0.4, 0.5) is 5.69 Å². The number of aliphatic hydroxyl groups is 1. The molecule has 0 bridgehead atoms. The number of allylic oxidation sites excluding steroid dienone is 1. The van der Waals surface area contributed by atoms with Crippen molar-refractivity contribution in [2.45, 2.75) is 26.0 Å². The molecule has 0 aliphatic heterocycles. The molecule has 0 amide bonds. The van der Waals surface area contributed by atoms with Crippen LogP contribution in [0.25, 0.3) is 0 Å². The molecule has 2 N–H and O–H groups in total. The van der Waals surface area contributed by atoms with Gasteiger partial charge in [0.2, 0.25) is 0 Å². The first-order valence-electron chi connectivity index (χ1n) is 5.38. The van der Waals surface area contributed by atoms with E-state index in [4.69, 9.17) is 0 Å². The third-order valence-corrected chi connectivity index (χ3v) is 3.05. The highest BCUT2D eigenvalue weighted by Gasteiger charge is 2.09. The van der Waals surface area contributed by atoms with E-state index in [9.17, 15) is 9.90 Å². The zero-order chi connectivity index (χ0) is 12.8. The Kier molecular flexibility index (Phi) is 5.37. The maximum atomic E-state index is 11.8. The number of anilines is 1. The van der Waals surface area contributed by atoms with E-state index in [2.05, 4.69) is 32.9 Å². The normalized spacial score (nSPS) is 12.2. The summed E-state index contributed by atoms with van der Waals surface area (Å²) in [6.45, 7) is 6.21. The highest BCUT2D eigenvalue weighted by Crippen LogP contribution is 2.16. The minimum atomic E-state index is -0.433. The average Bonchev–Trinajstić information content (AvgIpc) is 2.34. The van der Waals surface area contributed by atoms with E-state index in [1.54, 1.807) is 12.3 Å². The molecule has 0 radical (unpaired) electrons. The van der Waals surface area contributed by atoms with E-state index in [1.807, 2.05) is 6.92 Å². The van der Waals surface area contributed by atoms with E-state index in [0.717, 1.165) is 0 Å². The molecule has 1 atom stereocenters. The van der Waals surface area contributed by atoms with Crippen molar-refractivity contribution >= 4 is 21.6 Å². The minimum absolute atomic E-state index is 0.221. The van der Waals surface area contributed by atoms with Gasteiger partial charge in [0.15, 0.2) is 0 Å². The Labute approximate surface area is 108 Å². The lowest BCUT2D eigenvalue weighted by Gasteiger charge is -2.12. The first-order chi connectivity index (χ1) is 8.10. The zero-order valence-corrected chi connectivity index (χ0v) is 11.3. The molecule has 94 valence electrons. The summed E-state index contributed by atoms with van der Waals surface area (Å²) in [6, 6.07) is 0. The van der Waals surface area contributed by atoms with Crippen molar-refractivity contribution in [3.05, 3.63) is 33.7 Å². The standard InChI is InChI=1S/C11H16BrN3O2/c1-3-5-15-11(17)10(12)9(7-14-15)13-6-8(16)4-2/h3,7-8,13,16H,1,4-6H2,2H3. The third kappa shape index (κ3) is 3.67. The summed E-state index contributed by atoms with van der Waals surface area (Å²) in [4.78, 5) is 11.8. The molecule has 1 aromatic heterocycles. The summed E-state index contributed by atoms with van der Waals surface area (Å²) < 4.78 is 1.72. The van der Waals surface area contributed by atoms with E-state index >= 15 is 0 Å². The van der Waals surface area contributed by atoms with Gasteiger partial charge in [0.1, 0.15) is 4.47 Å². The van der Waals surface area contributed by atoms with E-state index in [0.29, 0.717) is 29.7 Å². The molecule has 0 aliphatic carbocycles. The van der Waals surface area contributed by atoms with Gasteiger partial charge in [-0.05, 0) is 22.4 Å². The number of aromatic nitrogens is 2. The summed E-state index contributed by atoms with van der Waals surface area (Å²) >= 11 is 3.22. The molecule has 1 heterocycles. The first kappa shape index (κ1) is 13.9. The molecule has 0 aliphatic rings. The van der Waals surface area contributed by atoms with Gasteiger partial charge >= 0.3 is 0 Å². The van der Waals surface area contributed by atoms with Gasteiger partial charge in [-0.25, -0.2) is 4.68 Å². The van der Waals surface area contributed by atoms with Gasteiger partial charge in [-0.2, -0.15) is 5.10 Å². The lowest BCUT2D eigenvalue weighted by atomic mass is 10.3. The van der Waals surface area contributed by atoms with Crippen LogP contribution < -0.4 is 10.9 Å². The number of nitrogens with zero attached hydrogens (tertiary/aromatic N) is 2. The van der Waals surface area contributed by atoms with Gasteiger partial charge in [-0.1, -0.05) is 13.0 Å². The first-order valence-corrected chi connectivity index (χ1v) is 6.17. The second kappa shape index (κ2) is 6.56. The predicted molar refractivity (Wildman–Crippen MR) is 71.2 cm³/mol. The quantitative estimate of drug-likeness (QED) is 0.779. The Morgan fingerprint density at radius 3 is 3.06 bits per heavy atom. The highest BCUT2D eigenvalue weighted by atomic mass is 79.9. The number of aliphatic hydroxyl groups excluding tert-OH is 1. The fraction of sp³-hybridized carbons (Fsp3) is 0.455. The smallest absolute Gasteiger partial charge is 0.283 e. The van der Waals surface area contributed by atoms with Crippen LogP contribution in [0.5, 0.6) is 0 Å². The van der Waals surface area contributed by atoms with Crippen LogP contribution >= 0.6 is 15.9 Å². The molecule has 0 saturated carbocycles. The molecule has 6 heteroatoms. The van der Waals surface area contributed by atoms with Crippen molar-refractivity contribution in [1.82, 2.24) is 9.78 Å². The molecule has 1 unspecified atom stereocenters. The van der Waals surface area contributed by atoms with Gasteiger partial charge in [-0.3, -0.25) is 4.79 Å². The second-order valence-electron chi connectivity index (χ2n) is 3.59. The largest absolute Gasteiger partial charge is 0.391 e. The Morgan fingerprint density at radius 1 is 1.76 bits per heavy atom. The van der Waals surface area contributed by atoms with Crippen molar-refractivity contribution < 1.29 is 5.11 Å². The van der Waals surface area contributed by atoms with Gasteiger partial charge in [0, 0.05) is 6.54 Å². The van der Waals surface area contributed by atoms with Crippen LogP contribution in [0.1, 0.15) is 13.3 Å². The lowest BCUT2D eigenvalue weighted by molar-refractivity contribution is 0.183. The summed E-state index contributed by atoms with van der Waals surface area (Å²) in [5.41, 5.74) is 0.365. The molecule has 5 nitrogen and oxygen atoms in total.